The Hall–Kier alpha value is -1.75. The number of piperidine rings is 1. The summed E-state index contributed by atoms with van der Waals surface area (Å²) in [6.07, 6.45) is 3.20. The minimum absolute atomic E-state index is 0.0527. The van der Waals surface area contributed by atoms with E-state index in [4.69, 9.17) is 17.3 Å². The predicted molar refractivity (Wildman–Crippen MR) is 83.2 cm³/mol. The van der Waals surface area contributed by atoms with Gasteiger partial charge in [-0.25, -0.2) is 0 Å². The monoisotopic (exact) mass is 309 g/mol. The van der Waals surface area contributed by atoms with Crippen LogP contribution in [0, 0.1) is 0 Å². The summed E-state index contributed by atoms with van der Waals surface area (Å²) in [5.74, 6) is -0.437. The molecule has 1 heterocycles. The minimum Gasteiger partial charge on any atom is -0.399 e. The van der Waals surface area contributed by atoms with Crippen LogP contribution >= 0.6 is 11.6 Å². The fraction of sp³-hybridized carbons (Fsp3) is 0.467. The van der Waals surface area contributed by atoms with Crippen LogP contribution in [0.1, 0.15) is 36.5 Å². The number of nitrogens with two attached hydrogens (primary N) is 1. The Morgan fingerprint density at radius 1 is 1.29 bits per heavy atom. The molecule has 1 fully saturated rings. The number of anilines is 1. The number of nitrogen functional groups attached to an aromatic ring is 1. The number of hydrogen-bond acceptors (Lipinski definition) is 3. The highest BCUT2D eigenvalue weighted by molar-refractivity contribution is 6.34. The van der Waals surface area contributed by atoms with E-state index >= 15 is 0 Å². The summed E-state index contributed by atoms with van der Waals surface area (Å²) in [4.78, 5) is 26.3. The molecule has 0 radical (unpaired) electrons. The van der Waals surface area contributed by atoms with Gasteiger partial charge < -0.3 is 16.0 Å². The van der Waals surface area contributed by atoms with Crippen LogP contribution in [0.3, 0.4) is 0 Å². The van der Waals surface area contributed by atoms with Crippen molar-refractivity contribution < 1.29 is 9.59 Å². The van der Waals surface area contributed by atoms with E-state index in [1.807, 2.05) is 0 Å². The van der Waals surface area contributed by atoms with Crippen molar-refractivity contribution in [2.75, 3.05) is 18.8 Å². The Morgan fingerprint density at radius 3 is 2.62 bits per heavy atom. The van der Waals surface area contributed by atoms with Gasteiger partial charge in [-0.05, 0) is 44.4 Å². The van der Waals surface area contributed by atoms with Crippen molar-refractivity contribution in [3.63, 3.8) is 0 Å². The fourth-order valence-corrected chi connectivity index (χ4v) is 2.64. The molecule has 1 aliphatic heterocycles. The van der Waals surface area contributed by atoms with Crippen LogP contribution in [-0.2, 0) is 4.79 Å². The molecule has 1 aromatic rings. The molecule has 3 N–H and O–H groups in total. The molecule has 2 rings (SSSR count). The van der Waals surface area contributed by atoms with Gasteiger partial charge in [0.2, 0.25) is 5.91 Å². The third kappa shape index (κ3) is 3.88. The van der Waals surface area contributed by atoms with E-state index < -0.39 is 6.04 Å². The van der Waals surface area contributed by atoms with Gasteiger partial charge in [-0.3, -0.25) is 9.59 Å². The lowest BCUT2D eigenvalue weighted by molar-refractivity contribution is -0.133. The Labute approximate surface area is 129 Å². The first-order chi connectivity index (χ1) is 9.99. The zero-order valence-electron chi connectivity index (χ0n) is 12.1. The molecule has 0 aromatic heterocycles. The molecule has 1 unspecified atom stereocenters. The molecule has 1 atom stereocenters. The number of halogens is 1. The number of hydrogen-bond donors (Lipinski definition) is 2. The molecular formula is C15H20ClN3O2. The fourth-order valence-electron chi connectivity index (χ4n) is 2.44. The van der Waals surface area contributed by atoms with Crippen LogP contribution in [0.5, 0.6) is 0 Å². The summed E-state index contributed by atoms with van der Waals surface area (Å²) in [7, 11) is 0. The Kier molecular flexibility index (Phi) is 5.07. The molecule has 0 spiro atoms. The van der Waals surface area contributed by atoms with Gasteiger partial charge in [-0.15, -0.1) is 0 Å². The van der Waals surface area contributed by atoms with Gasteiger partial charge in [-0.1, -0.05) is 11.6 Å². The quantitative estimate of drug-likeness (QED) is 0.839. The van der Waals surface area contributed by atoms with E-state index in [-0.39, 0.29) is 17.4 Å². The van der Waals surface area contributed by atoms with E-state index in [2.05, 4.69) is 5.32 Å². The van der Waals surface area contributed by atoms with Crippen molar-refractivity contribution >= 4 is 29.1 Å². The average molecular weight is 310 g/mol. The molecular weight excluding hydrogens is 290 g/mol. The second kappa shape index (κ2) is 6.80. The Morgan fingerprint density at radius 2 is 1.95 bits per heavy atom. The van der Waals surface area contributed by atoms with E-state index in [1.165, 1.54) is 6.07 Å². The van der Waals surface area contributed by atoms with E-state index in [0.717, 1.165) is 32.4 Å². The standard InChI is InChI=1S/C15H20ClN3O2/c1-10(15(21)19-7-3-2-4-8-19)18-14(20)12-9-11(17)5-6-13(12)16/h5-6,9-10H,2-4,7-8,17H2,1H3,(H,18,20). The maximum atomic E-state index is 12.3. The SMILES string of the molecule is CC(NC(=O)c1cc(N)ccc1Cl)C(=O)N1CCCCC1. The molecule has 1 aliphatic rings. The number of rotatable bonds is 3. The van der Waals surface area contributed by atoms with E-state index in [9.17, 15) is 9.59 Å². The second-order valence-corrected chi connectivity index (χ2v) is 5.73. The van der Waals surface area contributed by atoms with Crippen molar-refractivity contribution in [2.24, 2.45) is 0 Å². The lowest BCUT2D eigenvalue weighted by Crippen LogP contribution is -2.48. The van der Waals surface area contributed by atoms with Gasteiger partial charge in [0, 0.05) is 18.8 Å². The summed E-state index contributed by atoms with van der Waals surface area (Å²) in [6, 6.07) is 4.13. The Balaban J connectivity index is 2.01. The summed E-state index contributed by atoms with van der Waals surface area (Å²) in [5, 5.41) is 3.01. The summed E-state index contributed by atoms with van der Waals surface area (Å²) in [6.45, 7) is 3.21. The molecule has 21 heavy (non-hydrogen) atoms. The van der Waals surface area contributed by atoms with Crippen LogP contribution < -0.4 is 11.1 Å². The first-order valence-electron chi connectivity index (χ1n) is 7.13. The van der Waals surface area contributed by atoms with Crippen molar-refractivity contribution in [1.82, 2.24) is 10.2 Å². The van der Waals surface area contributed by atoms with Crippen molar-refractivity contribution in [3.8, 4) is 0 Å². The van der Waals surface area contributed by atoms with Crippen LogP contribution in [0.25, 0.3) is 0 Å². The second-order valence-electron chi connectivity index (χ2n) is 5.32. The lowest BCUT2D eigenvalue weighted by atomic mass is 10.1. The number of benzene rings is 1. The van der Waals surface area contributed by atoms with Gasteiger partial charge in [0.05, 0.1) is 10.6 Å². The molecule has 2 amide bonds. The summed E-state index contributed by atoms with van der Waals surface area (Å²) in [5.41, 5.74) is 6.40. The molecule has 0 saturated carbocycles. The van der Waals surface area contributed by atoms with E-state index in [0.29, 0.717) is 10.7 Å². The summed E-state index contributed by atoms with van der Waals surface area (Å²) >= 11 is 5.99. The average Bonchev–Trinajstić information content (AvgIpc) is 2.49. The lowest BCUT2D eigenvalue weighted by Gasteiger charge is -2.29. The highest BCUT2D eigenvalue weighted by Gasteiger charge is 2.24. The van der Waals surface area contributed by atoms with Gasteiger partial charge in [0.15, 0.2) is 0 Å². The maximum absolute atomic E-state index is 12.3. The highest BCUT2D eigenvalue weighted by atomic mass is 35.5. The van der Waals surface area contributed by atoms with Crippen molar-refractivity contribution in [1.29, 1.82) is 0 Å². The minimum atomic E-state index is -0.576. The Bertz CT molecular complexity index is 542. The molecule has 5 nitrogen and oxygen atoms in total. The number of nitrogens with zero attached hydrogens (tertiary/aromatic N) is 1. The third-order valence-electron chi connectivity index (χ3n) is 3.62. The largest absolute Gasteiger partial charge is 0.399 e. The van der Waals surface area contributed by atoms with E-state index in [1.54, 1.807) is 24.0 Å². The van der Waals surface area contributed by atoms with Crippen molar-refractivity contribution in [2.45, 2.75) is 32.2 Å². The molecule has 6 heteroatoms. The third-order valence-corrected chi connectivity index (χ3v) is 3.95. The predicted octanol–water partition coefficient (Wildman–Crippen LogP) is 2.05. The molecule has 114 valence electrons. The van der Waals surface area contributed by atoms with Crippen molar-refractivity contribution in [3.05, 3.63) is 28.8 Å². The number of carbonyl (C=O) groups excluding carboxylic acids is 2. The maximum Gasteiger partial charge on any atom is 0.253 e. The highest BCUT2D eigenvalue weighted by Crippen LogP contribution is 2.19. The van der Waals surface area contributed by atoms with Crippen LogP contribution in [0.2, 0.25) is 5.02 Å². The molecule has 0 bridgehead atoms. The zero-order chi connectivity index (χ0) is 15.4. The smallest absolute Gasteiger partial charge is 0.253 e. The molecule has 1 saturated heterocycles. The normalized spacial score (nSPS) is 16.4. The van der Waals surface area contributed by atoms with Gasteiger partial charge in [0.1, 0.15) is 6.04 Å². The zero-order valence-corrected chi connectivity index (χ0v) is 12.8. The van der Waals surface area contributed by atoms with Crippen LogP contribution in [-0.4, -0.2) is 35.8 Å². The molecule has 1 aromatic carbocycles. The first kappa shape index (κ1) is 15.6. The number of likely N-dealkylation sites (tertiary alicyclic amines) is 1. The number of carbonyl (C=O) groups is 2. The van der Waals surface area contributed by atoms with Crippen LogP contribution in [0.15, 0.2) is 18.2 Å². The topological polar surface area (TPSA) is 75.4 Å². The number of amides is 2. The van der Waals surface area contributed by atoms with Gasteiger partial charge >= 0.3 is 0 Å². The van der Waals surface area contributed by atoms with Gasteiger partial charge in [0.25, 0.3) is 5.91 Å². The van der Waals surface area contributed by atoms with Gasteiger partial charge in [-0.2, -0.15) is 0 Å². The number of nitrogens with one attached hydrogen (secondary N) is 1. The van der Waals surface area contributed by atoms with Crippen LogP contribution in [0.4, 0.5) is 5.69 Å². The first-order valence-corrected chi connectivity index (χ1v) is 7.51. The molecule has 0 aliphatic carbocycles. The summed E-state index contributed by atoms with van der Waals surface area (Å²) < 4.78 is 0.